The van der Waals surface area contributed by atoms with Crippen LogP contribution in [0.5, 0.6) is 0 Å². The Hall–Kier alpha value is -2.82. The molecule has 0 heterocycles. The molecule has 0 saturated carbocycles. The second-order valence-electron chi connectivity index (χ2n) is 5.57. The summed E-state index contributed by atoms with van der Waals surface area (Å²) in [5, 5.41) is 6.15. The molecule has 2 rings (SSSR count). The second kappa shape index (κ2) is 9.35. The fourth-order valence-electron chi connectivity index (χ4n) is 2.15. The summed E-state index contributed by atoms with van der Waals surface area (Å²) in [6.45, 7) is 1.77. The standard InChI is InChI=1S/C19H24N4O/c1-23(2)19(22-15-16-9-5-3-6-10-16)21-14-13-20-18(24)17-11-7-4-8-12-17/h3-12H,13-15H2,1-2H3,(H,20,24)(H,21,22). The Labute approximate surface area is 143 Å². The van der Waals surface area contributed by atoms with Crippen molar-refractivity contribution in [2.45, 2.75) is 6.54 Å². The van der Waals surface area contributed by atoms with Gasteiger partial charge in [0.05, 0.1) is 6.54 Å². The van der Waals surface area contributed by atoms with Gasteiger partial charge in [-0.1, -0.05) is 48.5 Å². The number of aliphatic imine (C=N–C) groups is 1. The highest BCUT2D eigenvalue weighted by molar-refractivity contribution is 5.94. The Balaban J connectivity index is 1.78. The van der Waals surface area contributed by atoms with Gasteiger partial charge in [0.2, 0.25) is 0 Å². The van der Waals surface area contributed by atoms with Crippen molar-refractivity contribution in [3.8, 4) is 0 Å². The summed E-state index contributed by atoms with van der Waals surface area (Å²) in [6, 6.07) is 19.3. The molecule has 0 saturated heterocycles. The molecule has 0 aliphatic heterocycles. The maximum Gasteiger partial charge on any atom is 0.251 e. The average Bonchev–Trinajstić information content (AvgIpc) is 2.62. The lowest BCUT2D eigenvalue weighted by atomic mass is 10.2. The number of guanidine groups is 1. The third kappa shape index (κ3) is 5.76. The van der Waals surface area contributed by atoms with E-state index in [2.05, 4.69) is 27.8 Å². The number of amides is 1. The number of hydrogen-bond acceptors (Lipinski definition) is 2. The monoisotopic (exact) mass is 324 g/mol. The van der Waals surface area contributed by atoms with E-state index in [0.29, 0.717) is 25.2 Å². The fourth-order valence-corrected chi connectivity index (χ4v) is 2.15. The lowest BCUT2D eigenvalue weighted by molar-refractivity contribution is 0.0954. The SMILES string of the molecule is CN(C)C(=NCc1ccccc1)NCCNC(=O)c1ccccc1. The van der Waals surface area contributed by atoms with E-state index in [0.717, 1.165) is 11.5 Å². The van der Waals surface area contributed by atoms with E-state index >= 15 is 0 Å². The molecule has 126 valence electrons. The fraction of sp³-hybridized carbons (Fsp3) is 0.263. The quantitative estimate of drug-likeness (QED) is 0.486. The van der Waals surface area contributed by atoms with Gasteiger partial charge in [0.15, 0.2) is 5.96 Å². The number of carbonyl (C=O) groups excluding carboxylic acids is 1. The zero-order valence-corrected chi connectivity index (χ0v) is 14.2. The van der Waals surface area contributed by atoms with E-state index in [-0.39, 0.29) is 5.91 Å². The van der Waals surface area contributed by atoms with Crippen LogP contribution in [-0.2, 0) is 6.54 Å². The molecule has 0 aliphatic rings. The minimum Gasteiger partial charge on any atom is -0.354 e. The van der Waals surface area contributed by atoms with E-state index in [1.54, 1.807) is 12.1 Å². The molecule has 24 heavy (non-hydrogen) atoms. The van der Waals surface area contributed by atoms with Crippen LogP contribution in [0.4, 0.5) is 0 Å². The summed E-state index contributed by atoms with van der Waals surface area (Å²) in [5.74, 6) is 0.734. The van der Waals surface area contributed by atoms with Crippen LogP contribution in [0.15, 0.2) is 65.7 Å². The molecule has 0 atom stereocenters. The van der Waals surface area contributed by atoms with Crippen molar-refractivity contribution >= 4 is 11.9 Å². The summed E-state index contributed by atoms with van der Waals surface area (Å²) in [7, 11) is 3.89. The third-order valence-corrected chi connectivity index (χ3v) is 3.41. The van der Waals surface area contributed by atoms with Gasteiger partial charge in [-0.25, -0.2) is 4.99 Å². The molecule has 1 amide bonds. The molecule has 0 bridgehead atoms. The minimum atomic E-state index is -0.0648. The molecule has 5 nitrogen and oxygen atoms in total. The number of nitrogens with zero attached hydrogens (tertiary/aromatic N) is 2. The lowest BCUT2D eigenvalue weighted by Gasteiger charge is -2.18. The van der Waals surface area contributed by atoms with Crippen LogP contribution in [0, 0.1) is 0 Å². The molecule has 0 aromatic heterocycles. The average molecular weight is 324 g/mol. The molecule has 2 aromatic rings. The van der Waals surface area contributed by atoms with Crippen molar-refractivity contribution in [3.05, 3.63) is 71.8 Å². The maximum atomic E-state index is 12.0. The van der Waals surface area contributed by atoms with Gasteiger partial charge in [0.25, 0.3) is 5.91 Å². The molecule has 0 spiro atoms. The Bertz CT molecular complexity index is 654. The van der Waals surface area contributed by atoms with Gasteiger partial charge in [0, 0.05) is 32.7 Å². The Morgan fingerprint density at radius 1 is 0.917 bits per heavy atom. The van der Waals surface area contributed by atoms with Gasteiger partial charge in [-0.3, -0.25) is 4.79 Å². The first-order valence-corrected chi connectivity index (χ1v) is 7.99. The maximum absolute atomic E-state index is 12.0. The second-order valence-corrected chi connectivity index (χ2v) is 5.57. The van der Waals surface area contributed by atoms with Crippen LogP contribution in [0.1, 0.15) is 15.9 Å². The van der Waals surface area contributed by atoms with Gasteiger partial charge in [0.1, 0.15) is 0 Å². The minimum absolute atomic E-state index is 0.0648. The highest BCUT2D eigenvalue weighted by Crippen LogP contribution is 2.00. The summed E-state index contributed by atoms with van der Waals surface area (Å²) in [5.41, 5.74) is 1.83. The van der Waals surface area contributed by atoms with Crippen LogP contribution in [-0.4, -0.2) is 44.0 Å². The van der Waals surface area contributed by atoms with Gasteiger partial charge < -0.3 is 15.5 Å². The number of benzene rings is 2. The molecular weight excluding hydrogens is 300 g/mol. The van der Waals surface area contributed by atoms with Crippen molar-refractivity contribution in [2.75, 3.05) is 27.2 Å². The normalized spacial score (nSPS) is 11.0. The Kier molecular flexibility index (Phi) is 6.83. The summed E-state index contributed by atoms with van der Waals surface area (Å²) < 4.78 is 0. The van der Waals surface area contributed by atoms with Crippen molar-refractivity contribution in [1.29, 1.82) is 0 Å². The summed E-state index contributed by atoms with van der Waals surface area (Å²) in [6.07, 6.45) is 0. The van der Waals surface area contributed by atoms with Gasteiger partial charge in [-0.15, -0.1) is 0 Å². The molecular formula is C19H24N4O. The van der Waals surface area contributed by atoms with E-state index in [4.69, 9.17) is 0 Å². The number of carbonyl (C=O) groups is 1. The molecule has 0 fully saturated rings. The van der Waals surface area contributed by atoms with E-state index in [1.165, 1.54) is 0 Å². The van der Waals surface area contributed by atoms with E-state index in [9.17, 15) is 4.79 Å². The molecule has 0 aliphatic carbocycles. The van der Waals surface area contributed by atoms with Crippen molar-refractivity contribution < 1.29 is 4.79 Å². The van der Waals surface area contributed by atoms with Crippen LogP contribution >= 0.6 is 0 Å². The topological polar surface area (TPSA) is 56.7 Å². The first kappa shape index (κ1) is 17.5. The first-order chi connectivity index (χ1) is 11.7. The van der Waals surface area contributed by atoms with Crippen LogP contribution in [0.25, 0.3) is 0 Å². The Morgan fingerprint density at radius 3 is 2.12 bits per heavy atom. The number of hydrogen-bond donors (Lipinski definition) is 2. The zero-order valence-electron chi connectivity index (χ0n) is 14.2. The zero-order chi connectivity index (χ0) is 17.2. The van der Waals surface area contributed by atoms with Crippen molar-refractivity contribution in [3.63, 3.8) is 0 Å². The van der Waals surface area contributed by atoms with E-state index < -0.39 is 0 Å². The number of rotatable bonds is 6. The Morgan fingerprint density at radius 2 is 1.50 bits per heavy atom. The number of nitrogens with one attached hydrogen (secondary N) is 2. The lowest BCUT2D eigenvalue weighted by Crippen LogP contribution is -2.41. The van der Waals surface area contributed by atoms with E-state index in [1.807, 2.05) is 55.4 Å². The molecule has 2 N–H and O–H groups in total. The molecule has 2 aromatic carbocycles. The molecule has 0 unspecified atom stereocenters. The summed E-state index contributed by atoms with van der Waals surface area (Å²) in [4.78, 5) is 18.5. The third-order valence-electron chi connectivity index (χ3n) is 3.41. The predicted octanol–water partition coefficient (Wildman–Crippen LogP) is 2.12. The molecule has 5 heteroatoms. The predicted molar refractivity (Wildman–Crippen MR) is 98.0 cm³/mol. The van der Waals surface area contributed by atoms with Crippen LogP contribution < -0.4 is 10.6 Å². The largest absolute Gasteiger partial charge is 0.354 e. The highest BCUT2D eigenvalue weighted by Gasteiger charge is 2.04. The summed E-state index contributed by atoms with van der Waals surface area (Å²) >= 11 is 0. The van der Waals surface area contributed by atoms with Gasteiger partial charge >= 0.3 is 0 Å². The van der Waals surface area contributed by atoms with Gasteiger partial charge in [-0.05, 0) is 17.7 Å². The van der Waals surface area contributed by atoms with Crippen molar-refractivity contribution in [2.24, 2.45) is 4.99 Å². The smallest absolute Gasteiger partial charge is 0.251 e. The van der Waals surface area contributed by atoms with Crippen LogP contribution in [0.3, 0.4) is 0 Å². The van der Waals surface area contributed by atoms with Crippen LogP contribution in [0.2, 0.25) is 0 Å². The van der Waals surface area contributed by atoms with Crippen molar-refractivity contribution in [1.82, 2.24) is 15.5 Å². The molecule has 0 radical (unpaired) electrons. The first-order valence-electron chi connectivity index (χ1n) is 7.99. The van der Waals surface area contributed by atoms with Gasteiger partial charge in [-0.2, -0.15) is 0 Å². The highest BCUT2D eigenvalue weighted by atomic mass is 16.1.